The van der Waals surface area contributed by atoms with Crippen LogP contribution in [0.25, 0.3) is 0 Å². The van der Waals surface area contributed by atoms with E-state index in [1.807, 2.05) is 12.1 Å². The van der Waals surface area contributed by atoms with Crippen molar-refractivity contribution in [2.24, 2.45) is 11.8 Å². The average Bonchev–Trinajstić information content (AvgIpc) is 3.39. The van der Waals surface area contributed by atoms with Crippen molar-refractivity contribution in [1.82, 2.24) is 15.4 Å². The summed E-state index contributed by atoms with van der Waals surface area (Å²) in [6.07, 6.45) is 1.03. The van der Waals surface area contributed by atoms with Crippen molar-refractivity contribution in [3.63, 3.8) is 0 Å². The van der Waals surface area contributed by atoms with Crippen molar-refractivity contribution in [2.45, 2.75) is 31.4 Å². The molecule has 2 heterocycles. The molecule has 2 amide bonds. The van der Waals surface area contributed by atoms with Crippen LogP contribution in [0.5, 0.6) is 5.75 Å². The zero-order valence-corrected chi connectivity index (χ0v) is 16.6. The van der Waals surface area contributed by atoms with Gasteiger partial charge < -0.3 is 24.6 Å². The maximum Gasteiger partial charge on any atom is 0.407 e. The van der Waals surface area contributed by atoms with Gasteiger partial charge in [0.2, 0.25) is 0 Å². The van der Waals surface area contributed by atoms with Crippen LogP contribution in [0, 0.1) is 11.8 Å². The van der Waals surface area contributed by atoms with Crippen LogP contribution in [0.1, 0.15) is 29.1 Å². The number of benzene rings is 1. The molecule has 154 valence electrons. The topological polar surface area (TPSA) is 105 Å². The summed E-state index contributed by atoms with van der Waals surface area (Å²) in [5.41, 5.74) is 0.189. The van der Waals surface area contributed by atoms with Gasteiger partial charge in [-0.3, -0.25) is 4.79 Å². The monoisotopic (exact) mass is 419 g/mol. The number of rotatable bonds is 5. The van der Waals surface area contributed by atoms with Crippen molar-refractivity contribution in [3.05, 3.63) is 46.8 Å². The minimum atomic E-state index is -0.939. The van der Waals surface area contributed by atoms with Gasteiger partial charge >= 0.3 is 6.09 Å². The quantitative estimate of drug-likeness (QED) is 0.771. The fraction of sp³-hybridized carbons (Fsp3) is 0.450. The third-order valence-corrected chi connectivity index (χ3v) is 6.07. The summed E-state index contributed by atoms with van der Waals surface area (Å²) in [5, 5.41) is 16.6. The predicted octanol–water partition coefficient (Wildman–Crippen LogP) is 3.07. The number of fused-ring (bicyclic) bond motifs is 1. The highest BCUT2D eigenvalue weighted by Crippen LogP contribution is 2.44. The van der Waals surface area contributed by atoms with Gasteiger partial charge in [0.05, 0.1) is 6.10 Å². The number of likely N-dealkylation sites (tertiary alicyclic amines) is 1. The number of carbonyl (C=O) groups excluding carboxylic acids is 1. The molecule has 2 aromatic rings. The maximum absolute atomic E-state index is 11.8. The Bertz CT molecular complexity index is 900. The SMILES string of the molecule is CNC(=O)c1cc(CC2[C@H]3C[C@@H](Oc4ccc(Cl)cc4)C[C@H]3CN2C(=O)O)on1. The van der Waals surface area contributed by atoms with Crippen molar-refractivity contribution in [3.8, 4) is 5.75 Å². The second-order valence-electron chi connectivity index (χ2n) is 7.55. The van der Waals surface area contributed by atoms with E-state index in [1.165, 1.54) is 11.9 Å². The normalized spacial score (nSPS) is 25.7. The summed E-state index contributed by atoms with van der Waals surface area (Å²) >= 11 is 5.92. The molecule has 0 bridgehead atoms. The molecule has 2 fully saturated rings. The molecule has 1 aliphatic heterocycles. The molecule has 1 saturated heterocycles. The van der Waals surface area contributed by atoms with Crippen LogP contribution in [0.15, 0.2) is 34.9 Å². The van der Waals surface area contributed by atoms with Crippen LogP contribution in [0.3, 0.4) is 0 Å². The number of carboxylic acid groups (broad SMARTS) is 1. The first-order valence-electron chi connectivity index (χ1n) is 9.54. The smallest absolute Gasteiger partial charge is 0.407 e. The zero-order chi connectivity index (χ0) is 20.5. The third kappa shape index (κ3) is 4.03. The standard InChI is InChI=1S/C20H22ClN3O5/c1-22-19(25)17-8-15(29-23-17)9-18-16-7-14(6-11(16)10-24(18)20(26)27)28-13-4-2-12(21)3-5-13/h2-5,8,11,14,16,18H,6-7,9-10H2,1H3,(H,22,25)(H,26,27)/t11-,14-,16-,18?/m0/s1. The molecule has 9 heteroatoms. The van der Waals surface area contributed by atoms with E-state index in [-0.39, 0.29) is 35.6 Å². The molecular weight excluding hydrogens is 398 g/mol. The van der Waals surface area contributed by atoms with Crippen LogP contribution >= 0.6 is 11.6 Å². The molecule has 2 N–H and O–H groups in total. The molecule has 4 rings (SSSR count). The lowest BCUT2D eigenvalue weighted by Gasteiger charge is -2.25. The van der Waals surface area contributed by atoms with E-state index in [0.717, 1.165) is 18.6 Å². The lowest BCUT2D eigenvalue weighted by Crippen LogP contribution is -2.39. The molecule has 8 nitrogen and oxygen atoms in total. The van der Waals surface area contributed by atoms with Gasteiger partial charge in [-0.15, -0.1) is 0 Å². The van der Waals surface area contributed by atoms with Gasteiger partial charge in [-0.2, -0.15) is 0 Å². The number of nitrogens with one attached hydrogen (secondary N) is 1. The van der Waals surface area contributed by atoms with Gasteiger partial charge in [0.1, 0.15) is 11.5 Å². The minimum absolute atomic E-state index is 0.0285. The number of hydrogen-bond donors (Lipinski definition) is 2. The number of ether oxygens (including phenoxy) is 1. The largest absolute Gasteiger partial charge is 0.490 e. The molecule has 0 radical (unpaired) electrons. The second-order valence-corrected chi connectivity index (χ2v) is 7.99. The Balaban J connectivity index is 1.46. The van der Waals surface area contributed by atoms with Gasteiger partial charge in [0, 0.05) is 37.1 Å². The fourth-order valence-electron chi connectivity index (χ4n) is 4.54. The highest BCUT2D eigenvalue weighted by atomic mass is 35.5. The molecule has 1 unspecified atom stereocenters. The minimum Gasteiger partial charge on any atom is -0.490 e. The summed E-state index contributed by atoms with van der Waals surface area (Å²) in [4.78, 5) is 24.9. The zero-order valence-electron chi connectivity index (χ0n) is 15.9. The van der Waals surface area contributed by atoms with Gasteiger partial charge in [-0.05, 0) is 48.9 Å². The van der Waals surface area contributed by atoms with Crippen LogP contribution in [-0.2, 0) is 6.42 Å². The van der Waals surface area contributed by atoms with Crippen molar-refractivity contribution in [2.75, 3.05) is 13.6 Å². The molecule has 4 atom stereocenters. The number of nitrogens with zero attached hydrogens (tertiary/aromatic N) is 2. The van der Waals surface area contributed by atoms with E-state index in [0.29, 0.717) is 23.7 Å². The number of hydrogen-bond acceptors (Lipinski definition) is 5. The van der Waals surface area contributed by atoms with E-state index >= 15 is 0 Å². The van der Waals surface area contributed by atoms with Crippen molar-refractivity contribution >= 4 is 23.6 Å². The van der Waals surface area contributed by atoms with E-state index in [9.17, 15) is 14.7 Å². The summed E-state index contributed by atoms with van der Waals surface area (Å²) in [6, 6.07) is 8.59. The summed E-state index contributed by atoms with van der Waals surface area (Å²) in [7, 11) is 1.52. The average molecular weight is 420 g/mol. The van der Waals surface area contributed by atoms with Crippen LogP contribution in [-0.4, -0.2) is 52.9 Å². The lowest BCUT2D eigenvalue weighted by atomic mass is 9.91. The first-order valence-corrected chi connectivity index (χ1v) is 9.92. The number of carbonyl (C=O) groups is 2. The second kappa shape index (κ2) is 7.94. The van der Waals surface area contributed by atoms with Crippen molar-refractivity contribution in [1.29, 1.82) is 0 Å². The summed E-state index contributed by atoms with van der Waals surface area (Å²) < 4.78 is 11.4. The molecule has 2 aliphatic rings. The first kappa shape index (κ1) is 19.6. The Morgan fingerprint density at radius 2 is 2.10 bits per heavy atom. The Kier molecular flexibility index (Phi) is 5.36. The Morgan fingerprint density at radius 1 is 1.34 bits per heavy atom. The van der Waals surface area contributed by atoms with Gasteiger partial charge in [0.25, 0.3) is 5.91 Å². The maximum atomic E-state index is 11.8. The highest BCUT2D eigenvalue weighted by Gasteiger charge is 2.50. The predicted molar refractivity (Wildman–Crippen MR) is 104 cm³/mol. The van der Waals surface area contributed by atoms with Gasteiger partial charge in [-0.25, -0.2) is 4.79 Å². The molecule has 0 spiro atoms. The van der Waals surface area contributed by atoms with Crippen LogP contribution in [0.4, 0.5) is 4.79 Å². The number of aromatic nitrogens is 1. The molecular formula is C20H22ClN3O5. The van der Waals surface area contributed by atoms with Gasteiger partial charge in [-0.1, -0.05) is 16.8 Å². The van der Waals surface area contributed by atoms with Crippen LogP contribution < -0.4 is 10.1 Å². The Labute approximate surface area is 172 Å². The molecule has 1 aromatic heterocycles. The third-order valence-electron chi connectivity index (χ3n) is 5.82. The van der Waals surface area contributed by atoms with Gasteiger partial charge in [0.15, 0.2) is 5.69 Å². The molecule has 29 heavy (non-hydrogen) atoms. The Hall–Kier alpha value is -2.74. The molecule has 1 aromatic carbocycles. The molecule has 1 saturated carbocycles. The lowest BCUT2D eigenvalue weighted by molar-refractivity contribution is 0.0954. The summed E-state index contributed by atoms with van der Waals surface area (Å²) in [5.74, 6) is 1.32. The van der Waals surface area contributed by atoms with E-state index in [4.69, 9.17) is 20.9 Å². The van der Waals surface area contributed by atoms with E-state index in [1.54, 1.807) is 18.2 Å². The number of halogens is 1. The fourth-order valence-corrected chi connectivity index (χ4v) is 4.66. The summed E-state index contributed by atoms with van der Waals surface area (Å²) in [6.45, 7) is 0.474. The van der Waals surface area contributed by atoms with Crippen LogP contribution in [0.2, 0.25) is 5.02 Å². The van der Waals surface area contributed by atoms with E-state index in [2.05, 4.69) is 10.5 Å². The first-order chi connectivity index (χ1) is 13.9. The Morgan fingerprint density at radius 3 is 2.79 bits per heavy atom. The number of amides is 2. The highest BCUT2D eigenvalue weighted by molar-refractivity contribution is 6.30. The molecule has 1 aliphatic carbocycles. The van der Waals surface area contributed by atoms with Crippen molar-refractivity contribution < 1.29 is 24.0 Å². The van der Waals surface area contributed by atoms with E-state index < -0.39 is 6.09 Å².